The topological polar surface area (TPSA) is 43.1 Å². The number of rotatable bonds is 2. The number of hydrogen-bond donors (Lipinski definition) is 1. The standard InChI is InChI=1S/C12H10ClNOS/c1-7-9(4-5-16-7)12(15)8-2-3-10(13)11(14)6-8/h2-6H,14H2,1H3. The van der Waals surface area contributed by atoms with Crippen molar-refractivity contribution in [2.75, 3.05) is 5.73 Å². The van der Waals surface area contributed by atoms with Gasteiger partial charge in [-0.2, -0.15) is 0 Å². The SMILES string of the molecule is Cc1sccc1C(=O)c1ccc(Cl)c(N)c1. The molecule has 1 aromatic heterocycles. The zero-order chi connectivity index (χ0) is 11.7. The van der Waals surface area contributed by atoms with E-state index in [9.17, 15) is 4.79 Å². The molecule has 2 aromatic rings. The van der Waals surface area contributed by atoms with Crippen molar-refractivity contribution in [2.24, 2.45) is 0 Å². The molecular weight excluding hydrogens is 242 g/mol. The number of hydrogen-bond acceptors (Lipinski definition) is 3. The van der Waals surface area contributed by atoms with Crippen LogP contribution in [0.5, 0.6) is 0 Å². The van der Waals surface area contributed by atoms with Gasteiger partial charge in [0, 0.05) is 16.0 Å². The smallest absolute Gasteiger partial charge is 0.194 e. The Morgan fingerprint density at radius 1 is 1.38 bits per heavy atom. The molecule has 0 saturated heterocycles. The minimum atomic E-state index is -0.0119. The van der Waals surface area contributed by atoms with E-state index in [1.54, 1.807) is 29.5 Å². The van der Waals surface area contributed by atoms with Crippen LogP contribution in [0, 0.1) is 6.92 Å². The molecule has 16 heavy (non-hydrogen) atoms. The summed E-state index contributed by atoms with van der Waals surface area (Å²) < 4.78 is 0. The van der Waals surface area contributed by atoms with Crippen molar-refractivity contribution in [1.82, 2.24) is 0 Å². The normalized spacial score (nSPS) is 10.4. The summed E-state index contributed by atoms with van der Waals surface area (Å²) in [6.45, 7) is 1.93. The van der Waals surface area contributed by atoms with Crippen LogP contribution in [0.15, 0.2) is 29.6 Å². The van der Waals surface area contributed by atoms with Gasteiger partial charge in [0.2, 0.25) is 0 Å². The van der Waals surface area contributed by atoms with Crippen LogP contribution in [0.25, 0.3) is 0 Å². The monoisotopic (exact) mass is 251 g/mol. The van der Waals surface area contributed by atoms with Crippen LogP contribution < -0.4 is 5.73 Å². The second kappa shape index (κ2) is 4.28. The maximum atomic E-state index is 12.1. The fourth-order valence-corrected chi connectivity index (χ4v) is 2.27. The van der Waals surface area contributed by atoms with E-state index in [4.69, 9.17) is 17.3 Å². The lowest BCUT2D eigenvalue weighted by Gasteiger charge is -2.03. The molecule has 1 aromatic carbocycles. The number of carbonyl (C=O) groups is 1. The molecule has 1 heterocycles. The van der Waals surface area contributed by atoms with Gasteiger partial charge in [-0.15, -0.1) is 11.3 Å². The molecule has 0 atom stereocenters. The number of thiophene rings is 1. The minimum absolute atomic E-state index is 0.0119. The van der Waals surface area contributed by atoms with Gasteiger partial charge in [0.1, 0.15) is 0 Å². The van der Waals surface area contributed by atoms with Crippen molar-refractivity contribution in [3.05, 3.63) is 50.7 Å². The number of carbonyl (C=O) groups excluding carboxylic acids is 1. The van der Waals surface area contributed by atoms with Gasteiger partial charge in [-0.25, -0.2) is 0 Å². The van der Waals surface area contributed by atoms with E-state index in [2.05, 4.69) is 0 Å². The average molecular weight is 252 g/mol. The van der Waals surface area contributed by atoms with Crippen LogP contribution in [0.1, 0.15) is 20.8 Å². The molecular formula is C12H10ClNOS. The molecule has 0 aliphatic heterocycles. The molecule has 0 amide bonds. The summed E-state index contributed by atoms with van der Waals surface area (Å²) in [7, 11) is 0. The van der Waals surface area contributed by atoms with E-state index in [-0.39, 0.29) is 5.78 Å². The van der Waals surface area contributed by atoms with E-state index in [1.165, 1.54) is 0 Å². The Balaban J connectivity index is 2.42. The quantitative estimate of drug-likeness (QED) is 0.656. The van der Waals surface area contributed by atoms with Crippen molar-refractivity contribution >= 4 is 34.4 Å². The molecule has 0 aliphatic carbocycles. The van der Waals surface area contributed by atoms with E-state index in [1.807, 2.05) is 18.4 Å². The highest BCUT2D eigenvalue weighted by Gasteiger charge is 2.13. The fourth-order valence-electron chi connectivity index (χ4n) is 1.46. The van der Waals surface area contributed by atoms with Crippen molar-refractivity contribution in [3.8, 4) is 0 Å². The maximum Gasteiger partial charge on any atom is 0.194 e. The zero-order valence-electron chi connectivity index (χ0n) is 8.66. The van der Waals surface area contributed by atoms with Crippen LogP contribution in [-0.4, -0.2) is 5.78 Å². The lowest BCUT2D eigenvalue weighted by molar-refractivity contribution is 0.103. The van der Waals surface area contributed by atoms with E-state index in [0.717, 1.165) is 10.4 Å². The van der Waals surface area contributed by atoms with Crippen LogP contribution in [0.3, 0.4) is 0 Å². The van der Waals surface area contributed by atoms with Gasteiger partial charge >= 0.3 is 0 Å². The predicted octanol–water partition coefficient (Wildman–Crippen LogP) is 3.52. The number of ketones is 1. The first kappa shape index (κ1) is 11.2. The van der Waals surface area contributed by atoms with E-state index >= 15 is 0 Å². The minimum Gasteiger partial charge on any atom is -0.398 e. The molecule has 0 fully saturated rings. The molecule has 0 unspecified atom stereocenters. The second-order valence-corrected chi connectivity index (χ2v) is 4.98. The third-order valence-corrected chi connectivity index (χ3v) is 3.55. The summed E-state index contributed by atoms with van der Waals surface area (Å²) in [6.07, 6.45) is 0. The lowest BCUT2D eigenvalue weighted by Crippen LogP contribution is -2.02. The Kier molecular flexibility index (Phi) is 2.99. The maximum absolute atomic E-state index is 12.1. The van der Waals surface area contributed by atoms with E-state index < -0.39 is 0 Å². The number of benzene rings is 1. The van der Waals surface area contributed by atoms with Crippen LogP contribution in [-0.2, 0) is 0 Å². The fraction of sp³-hybridized carbons (Fsp3) is 0.0833. The Morgan fingerprint density at radius 3 is 2.69 bits per heavy atom. The molecule has 2 rings (SSSR count). The second-order valence-electron chi connectivity index (χ2n) is 3.46. The predicted molar refractivity (Wildman–Crippen MR) is 68.4 cm³/mol. The van der Waals surface area contributed by atoms with Gasteiger partial charge in [0.05, 0.1) is 10.7 Å². The van der Waals surface area contributed by atoms with Crippen LogP contribution in [0.4, 0.5) is 5.69 Å². The Morgan fingerprint density at radius 2 is 2.12 bits per heavy atom. The summed E-state index contributed by atoms with van der Waals surface area (Å²) in [5.41, 5.74) is 7.40. The highest BCUT2D eigenvalue weighted by Crippen LogP contribution is 2.23. The molecule has 82 valence electrons. The highest BCUT2D eigenvalue weighted by molar-refractivity contribution is 7.10. The van der Waals surface area contributed by atoms with Gasteiger partial charge in [-0.1, -0.05) is 11.6 Å². The van der Waals surface area contributed by atoms with Crippen molar-refractivity contribution in [1.29, 1.82) is 0 Å². The summed E-state index contributed by atoms with van der Waals surface area (Å²) >= 11 is 7.36. The Hall–Kier alpha value is -1.32. The van der Waals surface area contributed by atoms with Gasteiger partial charge < -0.3 is 5.73 Å². The van der Waals surface area contributed by atoms with Crippen molar-refractivity contribution in [3.63, 3.8) is 0 Å². The molecule has 0 saturated carbocycles. The first-order chi connectivity index (χ1) is 7.59. The van der Waals surface area contributed by atoms with Crippen LogP contribution >= 0.6 is 22.9 Å². The van der Waals surface area contributed by atoms with Crippen LogP contribution in [0.2, 0.25) is 5.02 Å². The van der Waals surface area contributed by atoms with Gasteiger partial charge in [0.25, 0.3) is 0 Å². The summed E-state index contributed by atoms with van der Waals surface area (Å²) in [5, 5.41) is 2.38. The lowest BCUT2D eigenvalue weighted by atomic mass is 10.0. The molecule has 0 aliphatic rings. The third-order valence-electron chi connectivity index (χ3n) is 2.36. The largest absolute Gasteiger partial charge is 0.398 e. The molecule has 0 spiro atoms. The number of nitrogens with two attached hydrogens (primary N) is 1. The number of nitrogen functional groups attached to an aromatic ring is 1. The Bertz CT molecular complexity index is 548. The molecule has 2 nitrogen and oxygen atoms in total. The highest BCUT2D eigenvalue weighted by atomic mass is 35.5. The number of anilines is 1. The Labute approximate surface area is 103 Å². The molecule has 0 bridgehead atoms. The number of halogens is 1. The van der Waals surface area contributed by atoms with Gasteiger partial charge in [-0.3, -0.25) is 4.79 Å². The molecule has 4 heteroatoms. The zero-order valence-corrected chi connectivity index (χ0v) is 10.2. The number of aryl methyl sites for hydroxylation is 1. The van der Waals surface area contributed by atoms with Crippen molar-refractivity contribution < 1.29 is 4.79 Å². The van der Waals surface area contributed by atoms with E-state index in [0.29, 0.717) is 16.3 Å². The third kappa shape index (κ3) is 1.96. The first-order valence-electron chi connectivity index (χ1n) is 4.73. The van der Waals surface area contributed by atoms with Crippen molar-refractivity contribution in [2.45, 2.75) is 6.92 Å². The summed E-state index contributed by atoms with van der Waals surface area (Å²) in [4.78, 5) is 13.1. The molecule has 2 N–H and O–H groups in total. The summed E-state index contributed by atoms with van der Waals surface area (Å²) in [6, 6.07) is 6.78. The summed E-state index contributed by atoms with van der Waals surface area (Å²) in [5.74, 6) is -0.0119. The van der Waals surface area contributed by atoms with Gasteiger partial charge in [0.15, 0.2) is 5.78 Å². The molecule has 0 radical (unpaired) electrons. The average Bonchev–Trinajstić information content (AvgIpc) is 2.67. The first-order valence-corrected chi connectivity index (χ1v) is 5.99. The van der Waals surface area contributed by atoms with Gasteiger partial charge in [-0.05, 0) is 36.6 Å².